The molecular weight excluding hydrogens is 475 g/mol. The summed E-state index contributed by atoms with van der Waals surface area (Å²) in [6.07, 6.45) is 13.3. The number of hydrogen-bond acceptors (Lipinski definition) is 3. The van der Waals surface area contributed by atoms with Crippen LogP contribution < -0.4 is 10.6 Å². The minimum atomic E-state index is 0. The maximum absolute atomic E-state index is 6.03. The minimum absolute atomic E-state index is 0. The number of aromatic nitrogens is 1. The number of hydrogen-bond donors (Lipinski definition) is 2. The fourth-order valence-corrected chi connectivity index (χ4v) is 3.30. The number of aliphatic imine (C=N–C) groups is 1. The molecule has 7 heteroatoms. The number of halogens is 2. The average Bonchev–Trinajstić information content (AvgIpc) is 2.93. The smallest absolute Gasteiger partial charge is 0.190 e. The van der Waals surface area contributed by atoms with Crippen LogP contribution in [0.1, 0.15) is 56.9 Å². The highest BCUT2D eigenvalue weighted by atomic mass is 127. The lowest BCUT2D eigenvalue weighted by atomic mass is 10.1. The molecule has 2 N–H and O–H groups in total. The molecule has 0 radical (unpaired) electrons. The molecule has 0 amide bonds. The Morgan fingerprint density at radius 3 is 2.56 bits per heavy atom. The lowest BCUT2D eigenvalue weighted by Crippen LogP contribution is -2.38. The Hall–Kier alpha value is -0.600. The summed E-state index contributed by atoms with van der Waals surface area (Å²) in [4.78, 5) is 8.36. The topological polar surface area (TPSA) is 58.5 Å². The van der Waals surface area contributed by atoms with Crippen molar-refractivity contribution < 1.29 is 4.74 Å². The second-order valence-corrected chi connectivity index (χ2v) is 7.24. The van der Waals surface area contributed by atoms with Crippen molar-refractivity contribution in [3.05, 3.63) is 29.0 Å². The van der Waals surface area contributed by atoms with E-state index in [0.29, 0.717) is 11.3 Å². The van der Waals surface area contributed by atoms with Crippen LogP contribution in [-0.2, 0) is 11.2 Å². The van der Waals surface area contributed by atoms with Crippen molar-refractivity contribution in [2.24, 2.45) is 4.99 Å². The molecule has 1 heterocycles. The number of unbranched alkanes of at least 4 members (excludes halogenated alkanes) is 1. The van der Waals surface area contributed by atoms with Gasteiger partial charge in [0.2, 0.25) is 0 Å². The first kappa shape index (κ1) is 24.4. The van der Waals surface area contributed by atoms with Gasteiger partial charge in [-0.25, -0.2) is 4.98 Å². The van der Waals surface area contributed by atoms with Gasteiger partial charge < -0.3 is 15.4 Å². The van der Waals surface area contributed by atoms with Gasteiger partial charge >= 0.3 is 0 Å². The van der Waals surface area contributed by atoms with Crippen molar-refractivity contribution in [3.8, 4) is 0 Å². The van der Waals surface area contributed by atoms with E-state index in [0.717, 1.165) is 50.5 Å². The summed E-state index contributed by atoms with van der Waals surface area (Å²) in [5.41, 5.74) is 1.16. The zero-order valence-corrected chi connectivity index (χ0v) is 19.5. The maximum Gasteiger partial charge on any atom is 0.190 e. The van der Waals surface area contributed by atoms with Crippen LogP contribution in [0.2, 0.25) is 5.15 Å². The number of nitrogens with one attached hydrogen (secondary N) is 2. The van der Waals surface area contributed by atoms with Crippen LogP contribution in [-0.4, -0.2) is 43.8 Å². The Kier molecular flexibility index (Phi) is 13.9. The first-order valence-corrected chi connectivity index (χ1v) is 10.3. The molecule has 27 heavy (non-hydrogen) atoms. The first-order chi connectivity index (χ1) is 12.8. The van der Waals surface area contributed by atoms with E-state index in [9.17, 15) is 0 Å². The van der Waals surface area contributed by atoms with Crippen LogP contribution >= 0.6 is 35.6 Å². The van der Waals surface area contributed by atoms with Gasteiger partial charge in [-0.05, 0) is 43.7 Å². The molecule has 154 valence electrons. The Balaban J connectivity index is 0.00000364. The number of guanidine groups is 1. The average molecular weight is 509 g/mol. The molecule has 0 spiro atoms. The molecule has 0 aromatic carbocycles. The van der Waals surface area contributed by atoms with Gasteiger partial charge in [0.1, 0.15) is 5.15 Å². The van der Waals surface area contributed by atoms with Gasteiger partial charge in [0.25, 0.3) is 0 Å². The molecule has 1 saturated carbocycles. The summed E-state index contributed by atoms with van der Waals surface area (Å²) in [5.74, 6) is 0.844. The summed E-state index contributed by atoms with van der Waals surface area (Å²) in [6.45, 7) is 2.60. The highest BCUT2D eigenvalue weighted by Crippen LogP contribution is 2.19. The van der Waals surface area contributed by atoms with Gasteiger partial charge in [-0.3, -0.25) is 4.99 Å². The highest BCUT2D eigenvalue weighted by molar-refractivity contribution is 14.0. The molecule has 0 atom stereocenters. The summed E-state index contributed by atoms with van der Waals surface area (Å²) < 4.78 is 6.03. The van der Waals surface area contributed by atoms with E-state index in [4.69, 9.17) is 16.3 Å². The van der Waals surface area contributed by atoms with Crippen molar-refractivity contribution >= 4 is 41.5 Å². The van der Waals surface area contributed by atoms with Crippen molar-refractivity contribution in [1.29, 1.82) is 0 Å². The number of nitrogens with zero attached hydrogens (tertiary/aromatic N) is 2. The molecule has 1 aliphatic carbocycles. The Morgan fingerprint density at radius 1 is 1.15 bits per heavy atom. The van der Waals surface area contributed by atoms with Crippen LogP contribution in [0.3, 0.4) is 0 Å². The van der Waals surface area contributed by atoms with E-state index < -0.39 is 0 Å². The fourth-order valence-electron chi connectivity index (χ4n) is 3.19. The Labute approximate surface area is 186 Å². The van der Waals surface area contributed by atoms with Gasteiger partial charge in [-0.2, -0.15) is 0 Å². The molecule has 0 saturated heterocycles. The SMILES string of the molecule is CN=C(NCCCCOC1CCCCCC1)NCCc1ccc(Cl)nc1.I. The first-order valence-electron chi connectivity index (χ1n) is 9.94. The van der Waals surface area contributed by atoms with Crippen molar-refractivity contribution in [3.63, 3.8) is 0 Å². The van der Waals surface area contributed by atoms with E-state index in [1.807, 2.05) is 18.3 Å². The molecule has 1 fully saturated rings. The predicted octanol–water partition coefficient (Wildman–Crippen LogP) is 4.58. The zero-order valence-electron chi connectivity index (χ0n) is 16.4. The van der Waals surface area contributed by atoms with Gasteiger partial charge in [0, 0.05) is 32.9 Å². The van der Waals surface area contributed by atoms with Crippen LogP contribution in [0, 0.1) is 0 Å². The predicted molar refractivity (Wildman–Crippen MR) is 124 cm³/mol. The Bertz CT molecular complexity index is 519. The molecule has 0 bridgehead atoms. The zero-order chi connectivity index (χ0) is 18.5. The third-order valence-electron chi connectivity index (χ3n) is 4.74. The van der Waals surface area contributed by atoms with Crippen molar-refractivity contribution in [2.75, 3.05) is 26.7 Å². The fraction of sp³-hybridized carbons (Fsp3) is 0.700. The van der Waals surface area contributed by atoms with Crippen molar-refractivity contribution in [1.82, 2.24) is 15.6 Å². The van der Waals surface area contributed by atoms with E-state index in [1.165, 1.54) is 38.5 Å². The van der Waals surface area contributed by atoms with Gasteiger partial charge in [0.15, 0.2) is 5.96 Å². The normalized spacial score (nSPS) is 15.7. The lowest BCUT2D eigenvalue weighted by molar-refractivity contribution is 0.0411. The second kappa shape index (κ2) is 15.3. The van der Waals surface area contributed by atoms with E-state index in [1.54, 1.807) is 7.05 Å². The van der Waals surface area contributed by atoms with Gasteiger partial charge in [0.05, 0.1) is 6.10 Å². The minimum Gasteiger partial charge on any atom is -0.378 e. The lowest BCUT2D eigenvalue weighted by Gasteiger charge is -2.15. The summed E-state index contributed by atoms with van der Waals surface area (Å²) in [6, 6.07) is 3.82. The summed E-state index contributed by atoms with van der Waals surface area (Å²) in [5, 5.41) is 7.22. The molecule has 5 nitrogen and oxygen atoms in total. The second-order valence-electron chi connectivity index (χ2n) is 6.86. The van der Waals surface area contributed by atoms with Gasteiger partial charge in [-0.15, -0.1) is 24.0 Å². The van der Waals surface area contributed by atoms with Gasteiger partial charge in [-0.1, -0.05) is 43.4 Å². The standard InChI is InChI=1S/C20H33ClN4O.HI/c1-22-20(24-14-12-17-10-11-19(21)25-16-17)23-13-6-7-15-26-18-8-4-2-3-5-9-18;/h10-11,16,18H,2-9,12-15H2,1H3,(H2,22,23,24);1H. The van der Waals surface area contributed by atoms with E-state index in [-0.39, 0.29) is 24.0 Å². The maximum atomic E-state index is 6.03. The third kappa shape index (κ3) is 11.1. The summed E-state index contributed by atoms with van der Waals surface area (Å²) >= 11 is 5.80. The largest absolute Gasteiger partial charge is 0.378 e. The van der Waals surface area contributed by atoms with Crippen LogP contribution in [0.15, 0.2) is 23.3 Å². The number of pyridine rings is 1. The molecular formula is C20H34ClIN4O. The van der Waals surface area contributed by atoms with E-state index >= 15 is 0 Å². The van der Waals surface area contributed by atoms with Crippen LogP contribution in [0.25, 0.3) is 0 Å². The molecule has 1 aromatic heterocycles. The highest BCUT2D eigenvalue weighted by Gasteiger charge is 2.11. The molecule has 0 unspecified atom stereocenters. The number of ether oxygens (including phenoxy) is 1. The molecule has 2 rings (SSSR count). The molecule has 1 aromatic rings. The monoisotopic (exact) mass is 508 g/mol. The third-order valence-corrected chi connectivity index (χ3v) is 4.96. The van der Waals surface area contributed by atoms with Crippen LogP contribution in [0.4, 0.5) is 0 Å². The molecule has 1 aliphatic rings. The van der Waals surface area contributed by atoms with Crippen LogP contribution in [0.5, 0.6) is 0 Å². The van der Waals surface area contributed by atoms with E-state index in [2.05, 4.69) is 20.6 Å². The summed E-state index contributed by atoms with van der Waals surface area (Å²) in [7, 11) is 1.80. The van der Waals surface area contributed by atoms with Crippen molar-refractivity contribution in [2.45, 2.75) is 63.9 Å². The molecule has 0 aliphatic heterocycles. The quantitative estimate of drug-likeness (QED) is 0.128. The number of rotatable bonds is 9. The Morgan fingerprint density at radius 2 is 1.89 bits per heavy atom.